The summed E-state index contributed by atoms with van der Waals surface area (Å²) in [6.07, 6.45) is 2.42. The molecule has 0 spiro atoms. The fraction of sp³-hybridized carbons (Fsp3) is 0.467. The summed E-state index contributed by atoms with van der Waals surface area (Å²) in [6.45, 7) is 0.863. The van der Waals surface area contributed by atoms with Crippen molar-refractivity contribution in [1.82, 2.24) is 5.32 Å². The number of aliphatic hydroxyl groups is 1. The highest BCUT2D eigenvalue weighted by atomic mass is 79.9. The summed E-state index contributed by atoms with van der Waals surface area (Å²) < 4.78 is 0.940. The number of rotatable bonds is 5. The van der Waals surface area contributed by atoms with Crippen molar-refractivity contribution in [2.75, 3.05) is 6.54 Å². The Kier molecular flexibility index (Phi) is 4.39. The zero-order valence-electron chi connectivity index (χ0n) is 11.7. The zero-order valence-corrected chi connectivity index (χ0v) is 13.3. The van der Waals surface area contributed by atoms with Gasteiger partial charge in [-0.25, -0.2) is 4.79 Å². The predicted octanol–water partition coefficient (Wildman–Crippen LogP) is 1.82. The van der Waals surface area contributed by atoms with Crippen LogP contribution in [-0.2, 0) is 15.0 Å². The molecule has 1 aromatic carbocycles. The van der Waals surface area contributed by atoms with Gasteiger partial charge in [-0.1, -0.05) is 34.5 Å². The fourth-order valence-electron chi connectivity index (χ4n) is 2.44. The van der Waals surface area contributed by atoms with Gasteiger partial charge in [0.05, 0.1) is 12.0 Å². The molecule has 3 N–H and O–H groups in total. The van der Waals surface area contributed by atoms with E-state index in [0.29, 0.717) is 0 Å². The van der Waals surface area contributed by atoms with E-state index >= 15 is 0 Å². The molecule has 1 aliphatic carbocycles. The van der Waals surface area contributed by atoms with Crippen LogP contribution in [0.1, 0.15) is 31.7 Å². The van der Waals surface area contributed by atoms with Gasteiger partial charge in [-0.05, 0) is 37.5 Å². The molecule has 0 heterocycles. The van der Waals surface area contributed by atoms with E-state index in [-0.39, 0.29) is 12.5 Å². The average Bonchev–Trinajstić information content (AvgIpc) is 2.37. The number of carbonyl (C=O) groups is 2. The summed E-state index contributed by atoms with van der Waals surface area (Å²) in [5.74, 6) is -1.58. The van der Waals surface area contributed by atoms with E-state index in [1.165, 1.54) is 6.92 Å². The highest BCUT2D eigenvalue weighted by Crippen LogP contribution is 2.44. The molecule has 1 saturated carbocycles. The van der Waals surface area contributed by atoms with Crippen molar-refractivity contribution in [3.8, 4) is 0 Å². The van der Waals surface area contributed by atoms with Gasteiger partial charge in [0, 0.05) is 4.47 Å². The second-order valence-corrected chi connectivity index (χ2v) is 6.62. The van der Waals surface area contributed by atoms with Gasteiger partial charge in [0.15, 0.2) is 5.60 Å². The van der Waals surface area contributed by atoms with Crippen molar-refractivity contribution >= 4 is 27.8 Å². The molecule has 6 heteroatoms. The lowest BCUT2D eigenvalue weighted by atomic mass is 9.64. The van der Waals surface area contributed by atoms with Crippen LogP contribution in [0, 0.1) is 0 Å². The third-order valence-electron chi connectivity index (χ3n) is 4.09. The van der Waals surface area contributed by atoms with E-state index in [4.69, 9.17) is 5.11 Å². The molecule has 21 heavy (non-hydrogen) atoms. The zero-order chi connectivity index (χ0) is 15.7. The number of benzene rings is 1. The Hall–Kier alpha value is -1.40. The molecule has 1 unspecified atom stereocenters. The van der Waals surface area contributed by atoms with E-state index < -0.39 is 17.0 Å². The molecule has 114 valence electrons. The maximum atomic E-state index is 12.5. The Morgan fingerprint density at radius 1 is 1.33 bits per heavy atom. The van der Waals surface area contributed by atoms with Crippen LogP contribution in [0.25, 0.3) is 0 Å². The van der Waals surface area contributed by atoms with Crippen LogP contribution >= 0.6 is 15.9 Å². The second kappa shape index (κ2) is 5.77. The highest BCUT2D eigenvalue weighted by Gasteiger charge is 2.46. The van der Waals surface area contributed by atoms with Crippen LogP contribution in [0.5, 0.6) is 0 Å². The van der Waals surface area contributed by atoms with E-state index in [1.54, 1.807) is 0 Å². The first-order valence-corrected chi connectivity index (χ1v) is 7.57. The molecule has 1 fully saturated rings. The fourth-order valence-corrected chi connectivity index (χ4v) is 2.71. The van der Waals surface area contributed by atoms with Crippen LogP contribution in [0.2, 0.25) is 0 Å². The number of carbonyl (C=O) groups excluding carboxylic acids is 1. The maximum absolute atomic E-state index is 12.5. The lowest BCUT2D eigenvalue weighted by molar-refractivity contribution is -0.156. The Labute approximate surface area is 131 Å². The predicted molar refractivity (Wildman–Crippen MR) is 80.9 cm³/mol. The Morgan fingerprint density at radius 2 is 1.90 bits per heavy atom. The summed E-state index contributed by atoms with van der Waals surface area (Å²) >= 11 is 3.36. The highest BCUT2D eigenvalue weighted by molar-refractivity contribution is 9.10. The maximum Gasteiger partial charge on any atom is 0.337 e. The molecule has 0 radical (unpaired) electrons. The molecule has 0 aliphatic heterocycles. The Bertz CT molecular complexity index is 549. The molecule has 5 nitrogen and oxygen atoms in total. The molecule has 0 bridgehead atoms. The van der Waals surface area contributed by atoms with Crippen molar-refractivity contribution in [3.05, 3.63) is 34.3 Å². The second-order valence-electron chi connectivity index (χ2n) is 5.70. The third-order valence-corrected chi connectivity index (χ3v) is 4.62. The molecule has 2 rings (SSSR count). The first-order valence-electron chi connectivity index (χ1n) is 6.78. The van der Waals surface area contributed by atoms with E-state index in [1.807, 2.05) is 24.3 Å². The van der Waals surface area contributed by atoms with Crippen LogP contribution in [-0.4, -0.2) is 34.2 Å². The molecule has 1 amide bonds. The summed E-state index contributed by atoms with van der Waals surface area (Å²) in [4.78, 5) is 23.3. The molecule has 0 aromatic heterocycles. The molecular weight excluding hydrogens is 338 g/mol. The number of aliphatic carboxylic acids is 1. The molecule has 1 aromatic rings. The van der Waals surface area contributed by atoms with Crippen LogP contribution in [0.15, 0.2) is 28.7 Å². The summed E-state index contributed by atoms with van der Waals surface area (Å²) in [5.41, 5.74) is -1.64. The number of nitrogens with one attached hydrogen (secondary N) is 1. The van der Waals surface area contributed by atoms with Crippen molar-refractivity contribution < 1.29 is 19.8 Å². The minimum Gasteiger partial charge on any atom is -0.479 e. The topological polar surface area (TPSA) is 86.6 Å². The van der Waals surface area contributed by atoms with E-state index in [0.717, 1.165) is 29.3 Å². The van der Waals surface area contributed by atoms with Gasteiger partial charge in [-0.2, -0.15) is 0 Å². The smallest absolute Gasteiger partial charge is 0.337 e. The average molecular weight is 356 g/mol. The summed E-state index contributed by atoms with van der Waals surface area (Å²) in [6, 6.07) is 7.57. The minimum absolute atomic E-state index is 0.224. The van der Waals surface area contributed by atoms with Crippen molar-refractivity contribution in [3.63, 3.8) is 0 Å². The van der Waals surface area contributed by atoms with Crippen LogP contribution < -0.4 is 5.32 Å². The van der Waals surface area contributed by atoms with Crippen molar-refractivity contribution in [2.45, 2.75) is 37.2 Å². The molecule has 1 atom stereocenters. The van der Waals surface area contributed by atoms with Gasteiger partial charge in [-0.15, -0.1) is 0 Å². The quantitative estimate of drug-likeness (QED) is 0.751. The monoisotopic (exact) mass is 355 g/mol. The number of amides is 1. The number of hydrogen-bond acceptors (Lipinski definition) is 3. The van der Waals surface area contributed by atoms with Gasteiger partial charge in [0.2, 0.25) is 5.91 Å². The summed E-state index contributed by atoms with van der Waals surface area (Å²) in [5, 5.41) is 21.1. The van der Waals surface area contributed by atoms with E-state index in [2.05, 4.69) is 21.2 Å². The standard InChI is InChI=1S/C15H18BrNO4/c1-14(21,13(19)20)9-17-12(18)15(7-2-8-15)10-3-5-11(16)6-4-10/h3-6,21H,2,7-9H2,1H3,(H,17,18)(H,19,20). The number of carboxylic acid groups (broad SMARTS) is 1. The normalized spacial score (nSPS) is 19.2. The molecule has 0 saturated heterocycles. The third kappa shape index (κ3) is 3.11. The Morgan fingerprint density at radius 3 is 2.33 bits per heavy atom. The van der Waals surface area contributed by atoms with Crippen LogP contribution in [0.4, 0.5) is 0 Å². The van der Waals surface area contributed by atoms with Crippen molar-refractivity contribution in [1.29, 1.82) is 0 Å². The number of halogens is 1. The first-order chi connectivity index (χ1) is 9.78. The van der Waals surface area contributed by atoms with E-state index in [9.17, 15) is 14.7 Å². The molecule has 1 aliphatic rings. The first kappa shape index (κ1) is 16.0. The SMILES string of the molecule is CC(O)(CNC(=O)C1(c2ccc(Br)cc2)CCC1)C(=O)O. The van der Waals surface area contributed by atoms with Gasteiger partial charge in [0.25, 0.3) is 0 Å². The molecular formula is C15H18BrNO4. The van der Waals surface area contributed by atoms with Gasteiger partial charge in [-0.3, -0.25) is 4.79 Å². The van der Waals surface area contributed by atoms with Gasteiger partial charge < -0.3 is 15.5 Å². The van der Waals surface area contributed by atoms with Crippen molar-refractivity contribution in [2.24, 2.45) is 0 Å². The number of hydrogen-bond donors (Lipinski definition) is 3. The van der Waals surface area contributed by atoms with Gasteiger partial charge >= 0.3 is 5.97 Å². The lowest BCUT2D eigenvalue weighted by Crippen LogP contribution is -2.54. The van der Waals surface area contributed by atoms with Gasteiger partial charge in [0.1, 0.15) is 0 Å². The largest absolute Gasteiger partial charge is 0.479 e. The van der Waals surface area contributed by atoms with Crippen LogP contribution in [0.3, 0.4) is 0 Å². The minimum atomic E-state index is -1.96. The lowest BCUT2D eigenvalue weighted by Gasteiger charge is -2.41. The Balaban J connectivity index is 2.12. The number of carboxylic acids is 1. The summed E-state index contributed by atoms with van der Waals surface area (Å²) in [7, 11) is 0.